The van der Waals surface area contributed by atoms with Crippen LogP contribution in [-0.2, 0) is 6.42 Å². The third-order valence-electron chi connectivity index (χ3n) is 2.74. The Morgan fingerprint density at radius 1 is 1.33 bits per heavy atom. The average Bonchev–Trinajstić information content (AvgIpc) is 2.70. The van der Waals surface area contributed by atoms with E-state index in [2.05, 4.69) is 4.98 Å². The van der Waals surface area contributed by atoms with E-state index >= 15 is 0 Å². The first kappa shape index (κ1) is 13.1. The molecule has 4 heteroatoms. The quantitative estimate of drug-likeness (QED) is 0.921. The van der Waals surface area contributed by atoms with E-state index in [-0.39, 0.29) is 6.04 Å². The van der Waals surface area contributed by atoms with Gasteiger partial charge in [-0.05, 0) is 44.5 Å². The molecule has 0 saturated heterocycles. The van der Waals surface area contributed by atoms with Crippen molar-refractivity contribution in [3.63, 3.8) is 0 Å². The number of aryl methyl sites for hydroxylation is 1. The summed E-state index contributed by atoms with van der Waals surface area (Å²) in [4.78, 5) is 5.89. The Morgan fingerprint density at radius 3 is 2.56 bits per heavy atom. The lowest BCUT2D eigenvalue weighted by molar-refractivity contribution is 0.415. The molecule has 0 fully saturated rings. The van der Waals surface area contributed by atoms with Crippen LogP contribution in [0.25, 0.3) is 10.6 Å². The first-order valence-electron chi connectivity index (χ1n) is 5.96. The van der Waals surface area contributed by atoms with Crippen LogP contribution in [0.4, 0.5) is 0 Å². The highest BCUT2D eigenvalue weighted by molar-refractivity contribution is 7.15. The summed E-state index contributed by atoms with van der Waals surface area (Å²) in [5.74, 6) is 0.864. The molecule has 0 amide bonds. The van der Waals surface area contributed by atoms with Gasteiger partial charge in [-0.3, -0.25) is 0 Å². The first-order valence-corrected chi connectivity index (χ1v) is 6.78. The van der Waals surface area contributed by atoms with E-state index in [0.29, 0.717) is 0 Å². The van der Waals surface area contributed by atoms with Gasteiger partial charge in [-0.15, -0.1) is 11.3 Å². The fourth-order valence-corrected chi connectivity index (χ4v) is 2.98. The largest absolute Gasteiger partial charge is 0.497 e. The van der Waals surface area contributed by atoms with Crippen molar-refractivity contribution >= 4 is 11.3 Å². The molecule has 0 radical (unpaired) electrons. The normalized spacial score (nSPS) is 12.4. The predicted molar refractivity (Wildman–Crippen MR) is 76.2 cm³/mol. The Labute approximate surface area is 112 Å². The fourth-order valence-electron chi connectivity index (χ4n) is 1.77. The number of nitrogens with two attached hydrogens (primary N) is 1. The molecule has 1 aromatic carbocycles. The number of nitrogens with zero attached hydrogens (tertiary/aromatic N) is 1. The summed E-state index contributed by atoms with van der Waals surface area (Å²) in [6.07, 6.45) is 0.889. The SMILES string of the molecule is COc1ccc(-c2nc(C)c(CC(C)N)s2)cc1. The molecule has 2 aromatic rings. The van der Waals surface area contributed by atoms with Crippen LogP contribution >= 0.6 is 11.3 Å². The summed E-state index contributed by atoms with van der Waals surface area (Å²) in [6, 6.07) is 8.15. The topological polar surface area (TPSA) is 48.1 Å². The van der Waals surface area contributed by atoms with Crippen LogP contribution in [-0.4, -0.2) is 18.1 Å². The van der Waals surface area contributed by atoms with Crippen molar-refractivity contribution in [2.75, 3.05) is 7.11 Å². The Hall–Kier alpha value is -1.39. The number of rotatable bonds is 4. The van der Waals surface area contributed by atoms with Gasteiger partial charge < -0.3 is 10.5 Å². The Morgan fingerprint density at radius 2 is 2.00 bits per heavy atom. The standard InChI is InChI=1S/C14H18N2OS/c1-9(15)8-13-10(2)16-14(18-13)11-4-6-12(17-3)7-5-11/h4-7,9H,8,15H2,1-3H3. The first-order chi connectivity index (χ1) is 8.60. The van der Waals surface area contributed by atoms with E-state index in [0.717, 1.165) is 28.4 Å². The molecule has 1 atom stereocenters. The molecule has 0 aliphatic heterocycles. The molecule has 0 aliphatic carbocycles. The van der Waals surface area contributed by atoms with E-state index < -0.39 is 0 Å². The Kier molecular flexibility index (Phi) is 3.99. The highest BCUT2D eigenvalue weighted by atomic mass is 32.1. The Bertz CT molecular complexity index is 517. The molecule has 2 rings (SSSR count). The predicted octanol–water partition coefficient (Wildman–Crippen LogP) is 3.02. The van der Waals surface area contributed by atoms with Gasteiger partial charge in [-0.25, -0.2) is 4.98 Å². The highest BCUT2D eigenvalue weighted by Gasteiger charge is 2.10. The second-order valence-corrected chi connectivity index (χ2v) is 5.52. The van der Waals surface area contributed by atoms with E-state index in [4.69, 9.17) is 10.5 Å². The molecule has 1 unspecified atom stereocenters. The molecule has 0 spiro atoms. The van der Waals surface area contributed by atoms with Crippen molar-refractivity contribution in [3.8, 4) is 16.3 Å². The van der Waals surface area contributed by atoms with Crippen LogP contribution in [0.5, 0.6) is 5.75 Å². The molecule has 0 bridgehead atoms. The molecule has 18 heavy (non-hydrogen) atoms. The van der Waals surface area contributed by atoms with Gasteiger partial charge in [-0.2, -0.15) is 0 Å². The van der Waals surface area contributed by atoms with Crippen LogP contribution in [0.1, 0.15) is 17.5 Å². The van der Waals surface area contributed by atoms with Crippen molar-refractivity contribution in [3.05, 3.63) is 34.8 Å². The van der Waals surface area contributed by atoms with Crippen LogP contribution < -0.4 is 10.5 Å². The second-order valence-electron chi connectivity index (χ2n) is 4.44. The van der Waals surface area contributed by atoms with Crippen LogP contribution in [0.2, 0.25) is 0 Å². The summed E-state index contributed by atoms with van der Waals surface area (Å²) < 4.78 is 5.15. The third kappa shape index (κ3) is 2.89. The van der Waals surface area contributed by atoms with Crippen molar-refractivity contribution < 1.29 is 4.74 Å². The van der Waals surface area contributed by atoms with Crippen LogP contribution in [0, 0.1) is 6.92 Å². The summed E-state index contributed by atoms with van der Waals surface area (Å²) in [5.41, 5.74) is 8.05. The lowest BCUT2D eigenvalue weighted by atomic mass is 10.2. The van der Waals surface area contributed by atoms with Gasteiger partial charge in [0.15, 0.2) is 0 Å². The number of hydrogen-bond acceptors (Lipinski definition) is 4. The summed E-state index contributed by atoms with van der Waals surface area (Å²) in [7, 11) is 1.67. The lowest BCUT2D eigenvalue weighted by Gasteiger charge is -2.01. The molecule has 2 N–H and O–H groups in total. The molecule has 0 saturated carbocycles. The zero-order valence-electron chi connectivity index (χ0n) is 10.9. The summed E-state index contributed by atoms with van der Waals surface area (Å²) >= 11 is 1.72. The molecule has 96 valence electrons. The zero-order chi connectivity index (χ0) is 13.1. The second kappa shape index (κ2) is 5.50. The zero-order valence-corrected chi connectivity index (χ0v) is 11.8. The van der Waals surface area contributed by atoms with E-state index in [1.165, 1.54) is 4.88 Å². The maximum absolute atomic E-state index is 5.84. The molecule has 1 heterocycles. The van der Waals surface area contributed by atoms with Gasteiger partial charge in [0.05, 0.1) is 12.8 Å². The third-order valence-corrected chi connectivity index (χ3v) is 3.97. The van der Waals surface area contributed by atoms with Gasteiger partial charge in [0.25, 0.3) is 0 Å². The molecule has 1 aromatic heterocycles. The average molecular weight is 262 g/mol. The number of hydrogen-bond donors (Lipinski definition) is 1. The van der Waals surface area contributed by atoms with Crippen molar-refractivity contribution in [2.24, 2.45) is 5.73 Å². The number of methoxy groups -OCH3 is 1. The van der Waals surface area contributed by atoms with Gasteiger partial charge in [0.2, 0.25) is 0 Å². The lowest BCUT2D eigenvalue weighted by Crippen LogP contribution is -2.17. The van der Waals surface area contributed by atoms with Crippen molar-refractivity contribution in [2.45, 2.75) is 26.3 Å². The monoisotopic (exact) mass is 262 g/mol. The number of aromatic nitrogens is 1. The summed E-state index contributed by atoms with van der Waals surface area (Å²) in [5, 5.41) is 1.05. The van der Waals surface area contributed by atoms with Gasteiger partial charge in [-0.1, -0.05) is 0 Å². The van der Waals surface area contributed by atoms with Crippen LogP contribution in [0.3, 0.4) is 0 Å². The van der Waals surface area contributed by atoms with E-state index in [1.54, 1.807) is 18.4 Å². The number of thiazole rings is 1. The smallest absolute Gasteiger partial charge is 0.123 e. The number of ether oxygens (including phenoxy) is 1. The fraction of sp³-hybridized carbons (Fsp3) is 0.357. The molecule has 0 aliphatic rings. The van der Waals surface area contributed by atoms with E-state index in [9.17, 15) is 0 Å². The molecule has 3 nitrogen and oxygen atoms in total. The minimum atomic E-state index is 0.174. The Balaban J connectivity index is 2.27. The van der Waals surface area contributed by atoms with E-state index in [1.807, 2.05) is 38.1 Å². The minimum absolute atomic E-state index is 0.174. The van der Waals surface area contributed by atoms with Gasteiger partial charge in [0.1, 0.15) is 10.8 Å². The van der Waals surface area contributed by atoms with Crippen LogP contribution in [0.15, 0.2) is 24.3 Å². The minimum Gasteiger partial charge on any atom is -0.497 e. The highest BCUT2D eigenvalue weighted by Crippen LogP contribution is 2.29. The molecular weight excluding hydrogens is 244 g/mol. The van der Waals surface area contributed by atoms with Gasteiger partial charge >= 0.3 is 0 Å². The summed E-state index contributed by atoms with van der Waals surface area (Å²) in [6.45, 7) is 4.06. The maximum Gasteiger partial charge on any atom is 0.123 e. The molecular formula is C14H18N2OS. The van der Waals surface area contributed by atoms with Gasteiger partial charge in [0, 0.05) is 16.5 Å². The van der Waals surface area contributed by atoms with Crippen molar-refractivity contribution in [1.29, 1.82) is 0 Å². The maximum atomic E-state index is 5.84. The van der Waals surface area contributed by atoms with Crippen molar-refractivity contribution in [1.82, 2.24) is 4.98 Å². The number of benzene rings is 1.